The molecule has 1 heterocycles. The van der Waals surface area contributed by atoms with Crippen LogP contribution in [0.1, 0.15) is 44.7 Å². The lowest BCUT2D eigenvalue weighted by Gasteiger charge is -2.22. The van der Waals surface area contributed by atoms with Crippen LogP contribution >= 0.6 is 0 Å². The first-order chi connectivity index (χ1) is 11.6. The highest BCUT2D eigenvalue weighted by Crippen LogP contribution is 2.25. The summed E-state index contributed by atoms with van der Waals surface area (Å²) in [5.41, 5.74) is 1.72. The zero-order chi connectivity index (χ0) is 18.8. The van der Waals surface area contributed by atoms with Gasteiger partial charge in [-0.1, -0.05) is 26.0 Å². The molecule has 1 atom stereocenters. The maximum atomic E-state index is 12.6. The average Bonchev–Trinajstić information content (AvgIpc) is 2.73. The lowest BCUT2D eigenvalue weighted by Crippen LogP contribution is -2.44. The lowest BCUT2D eigenvalue weighted by atomic mass is 9.92. The SMILES string of the molecule is Cc1ccc(C)c(NC(=O)CN2C(=O)NC(C)(CCC(C)C)C2=O)c1. The minimum absolute atomic E-state index is 0.282. The molecule has 2 N–H and O–H groups in total. The van der Waals surface area contributed by atoms with E-state index in [0.717, 1.165) is 22.4 Å². The first-order valence-corrected chi connectivity index (χ1v) is 8.63. The molecule has 1 unspecified atom stereocenters. The topological polar surface area (TPSA) is 78.5 Å². The zero-order valence-electron chi connectivity index (χ0n) is 15.6. The summed E-state index contributed by atoms with van der Waals surface area (Å²) < 4.78 is 0. The highest BCUT2D eigenvalue weighted by Gasteiger charge is 2.47. The van der Waals surface area contributed by atoms with Gasteiger partial charge in [0.05, 0.1) is 0 Å². The van der Waals surface area contributed by atoms with Crippen molar-refractivity contribution in [3.63, 3.8) is 0 Å². The highest BCUT2D eigenvalue weighted by molar-refractivity contribution is 6.10. The Balaban J connectivity index is 2.04. The van der Waals surface area contributed by atoms with Gasteiger partial charge in [0.25, 0.3) is 5.91 Å². The second-order valence-corrected chi connectivity index (χ2v) is 7.45. The fraction of sp³-hybridized carbons (Fsp3) is 0.526. The van der Waals surface area contributed by atoms with Crippen molar-refractivity contribution < 1.29 is 14.4 Å². The van der Waals surface area contributed by atoms with Gasteiger partial charge in [-0.15, -0.1) is 0 Å². The van der Waals surface area contributed by atoms with Crippen molar-refractivity contribution in [1.29, 1.82) is 0 Å². The number of aryl methyl sites for hydroxylation is 2. The lowest BCUT2D eigenvalue weighted by molar-refractivity contribution is -0.133. The van der Waals surface area contributed by atoms with E-state index in [-0.39, 0.29) is 18.4 Å². The van der Waals surface area contributed by atoms with E-state index in [1.165, 1.54) is 0 Å². The van der Waals surface area contributed by atoms with E-state index < -0.39 is 11.6 Å². The van der Waals surface area contributed by atoms with Crippen LogP contribution < -0.4 is 10.6 Å². The van der Waals surface area contributed by atoms with Gasteiger partial charge in [0.15, 0.2) is 0 Å². The van der Waals surface area contributed by atoms with E-state index in [1.54, 1.807) is 6.92 Å². The Labute approximate surface area is 149 Å². The Kier molecular flexibility index (Phi) is 5.50. The molecule has 25 heavy (non-hydrogen) atoms. The number of hydrogen-bond donors (Lipinski definition) is 2. The van der Waals surface area contributed by atoms with Gasteiger partial charge in [-0.3, -0.25) is 14.5 Å². The number of anilines is 1. The smallest absolute Gasteiger partial charge is 0.324 e. The molecule has 6 nitrogen and oxygen atoms in total. The summed E-state index contributed by atoms with van der Waals surface area (Å²) in [4.78, 5) is 38.1. The van der Waals surface area contributed by atoms with Crippen LogP contribution in [0.15, 0.2) is 18.2 Å². The van der Waals surface area contributed by atoms with E-state index in [0.29, 0.717) is 18.0 Å². The Morgan fingerprint density at radius 2 is 1.96 bits per heavy atom. The third-order valence-corrected chi connectivity index (χ3v) is 4.54. The summed E-state index contributed by atoms with van der Waals surface area (Å²) in [7, 11) is 0. The van der Waals surface area contributed by atoms with Crippen LogP contribution in [0.2, 0.25) is 0 Å². The van der Waals surface area contributed by atoms with Gasteiger partial charge in [-0.2, -0.15) is 0 Å². The molecule has 1 aromatic rings. The maximum Gasteiger partial charge on any atom is 0.325 e. The molecule has 4 amide bonds. The summed E-state index contributed by atoms with van der Waals surface area (Å²) >= 11 is 0. The molecule has 1 aromatic carbocycles. The maximum absolute atomic E-state index is 12.6. The average molecular weight is 345 g/mol. The van der Waals surface area contributed by atoms with Crippen LogP contribution in [-0.4, -0.2) is 34.8 Å². The molecule has 2 rings (SSSR count). The second-order valence-electron chi connectivity index (χ2n) is 7.45. The molecule has 0 radical (unpaired) electrons. The molecular weight excluding hydrogens is 318 g/mol. The summed E-state index contributed by atoms with van der Waals surface area (Å²) in [6.07, 6.45) is 1.38. The molecule has 0 aliphatic carbocycles. The number of urea groups is 1. The van der Waals surface area contributed by atoms with Crippen LogP contribution in [0.5, 0.6) is 0 Å². The molecule has 1 saturated heterocycles. The van der Waals surface area contributed by atoms with Gasteiger partial charge < -0.3 is 10.6 Å². The molecule has 1 aliphatic heterocycles. The second kappa shape index (κ2) is 7.25. The number of carbonyl (C=O) groups excluding carboxylic acids is 3. The molecule has 0 saturated carbocycles. The van der Waals surface area contributed by atoms with Crippen LogP contribution in [-0.2, 0) is 9.59 Å². The quantitative estimate of drug-likeness (QED) is 0.778. The van der Waals surface area contributed by atoms with Gasteiger partial charge >= 0.3 is 6.03 Å². The number of nitrogens with zero attached hydrogens (tertiary/aromatic N) is 1. The van der Waals surface area contributed by atoms with Crippen LogP contribution in [0.4, 0.5) is 10.5 Å². The van der Waals surface area contributed by atoms with Crippen molar-refractivity contribution >= 4 is 23.5 Å². The van der Waals surface area contributed by atoms with Gasteiger partial charge in [0, 0.05) is 5.69 Å². The molecular formula is C19H27N3O3. The molecule has 1 aliphatic rings. The summed E-state index contributed by atoms with van der Waals surface area (Å²) in [6, 6.07) is 5.24. The summed E-state index contributed by atoms with van der Waals surface area (Å²) in [5.74, 6) is -0.289. The monoisotopic (exact) mass is 345 g/mol. The van der Waals surface area contributed by atoms with Crippen LogP contribution in [0.25, 0.3) is 0 Å². The summed E-state index contributed by atoms with van der Waals surface area (Å²) in [5, 5.41) is 5.52. The van der Waals surface area contributed by atoms with E-state index in [4.69, 9.17) is 0 Å². The van der Waals surface area contributed by atoms with Crippen molar-refractivity contribution in [3.05, 3.63) is 29.3 Å². The molecule has 6 heteroatoms. The standard InChI is InChI=1S/C19H27N3O3/c1-12(2)8-9-19(5)17(24)22(18(25)21-19)11-16(23)20-15-10-13(3)6-7-14(15)4/h6-7,10,12H,8-9,11H2,1-5H3,(H,20,23)(H,21,25). The van der Waals surface area contributed by atoms with Crippen molar-refractivity contribution in [2.75, 3.05) is 11.9 Å². The van der Waals surface area contributed by atoms with Crippen LogP contribution in [0.3, 0.4) is 0 Å². The van der Waals surface area contributed by atoms with E-state index in [2.05, 4.69) is 24.5 Å². The molecule has 0 aromatic heterocycles. The third-order valence-electron chi connectivity index (χ3n) is 4.54. The Morgan fingerprint density at radius 1 is 1.28 bits per heavy atom. The molecule has 136 valence electrons. The predicted molar refractivity (Wildman–Crippen MR) is 97.3 cm³/mol. The largest absolute Gasteiger partial charge is 0.325 e. The zero-order valence-corrected chi connectivity index (χ0v) is 15.6. The highest BCUT2D eigenvalue weighted by atomic mass is 16.2. The van der Waals surface area contributed by atoms with Gasteiger partial charge in [-0.25, -0.2) is 4.79 Å². The summed E-state index contributed by atoms with van der Waals surface area (Å²) in [6.45, 7) is 9.41. The number of carbonyl (C=O) groups is 3. The van der Waals surface area contributed by atoms with Crippen LogP contribution in [0, 0.1) is 19.8 Å². The predicted octanol–water partition coefficient (Wildman–Crippen LogP) is 2.99. The van der Waals surface area contributed by atoms with Crippen molar-refractivity contribution in [2.24, 2.45) is 5.92 Å². The van der Waals surface area contributed by atoms with Gasteiger partial charge in [0.2, 0.25) is 5.91 Å². The Hall–Kier alpha value is -2.37. The fourth-order valence-electron chi connectivity index (χ4n) is 2.84. The van der Waals surface area contributed by atoms with Gasteiger partial charge in [0.1, 0.15) is 12.1 Å². The number of nitrogens with one attached hydrogen (secondary N) is 2. The minimum Gasteiger partial charge on any atom is -0.324 e. The minimum atomic E-state index is -0.930. The molecule has 1 fully saturated rings. The Morgan fingerprint density at radius 3 is 2.60 bits per heavy atom. The van der Waals surface area contributed by atoms with Crippen molar-refractivity contribution in [2.45, 2.75) is 53.0 Å². The van der Waals surface area contributed by atoms with Crippen molar-refractivity contribution in [3.8, 4) is 0 Å². The number of amides is 4. The Bertz CT molecular complexity index is 699. The molecule has 0 spiro atoms. The number of rotatable bonds is 6. The third kappa shape index (κ3) is 4.38. The number of hydrogen-bond acceptors (Lipinski definition) is 3. The first-order valence-electron chi connectivity index (χ1n) is 8.63. The van der Waals surface area contributed by atoms with E-state index in [1.807, 2.05) is 32.0 Å². The molecule has 0 bridgehead atoms. The normalized spacial score (nSPS) is 20.2. The van der Waals surface area contributed by atoms with E-state index in [9.17, 15) is 14.4 Å². The first kappa shape index (κ1) is 19.0. The number of imide groups is 1. The fourth-order valence-corrected chi connectivity index (χ4v) is 2.84. The van der Waals surface area contributed by atoms with E-state index >= 15 is 0 Å². The van der Waals surface area contributed by atoms with Gasteiger partial charge in [-0.05, 0) is 56.7 Å². The van der Waals surface area contributed by atoms with Crippen molar-refractivity contribution in [1.82, 2.24) is 10.2 Å². The number of benzene rings is 1.